The van der Waals surface area contributed by atoms with Gasteiger partial charge in [-0.15, -0.1) is 11.8 Å². The number of halogens is 1. The van der Waals surface area contributed by atoms with Crippen LogP contribution in [-0.2, 0) is 9.63 Å². The molecule has 0 aromatic heterocycles. The van der Waals surface area contributed by atoms with Crippen LogP contribution in [0.15, 0.2) is 27.2 Å². The van der Waals surface area contributed by atoms with Crippen LogP contribution in [0, 0.1) is 0 Å². The fourth-order valence-corrected chi connectivity index (χ4v) is 2.04. The van der Waals surface area contributed by atoms with Gasteiger partial charge in [0.05, 0.1) is 5.71 Å². The lowest BCUT2D eigenvalue weighted by Gasteiger charge is -2.03. The highest BCUT2D eigenvalue weighted by molar-refractivity contribution is 8.03. The Kier molecular flexibility index (Phi) is 10.7. The highest BCUT2D eigenvalue weighted by Crippen LogP contribution is 2.17. The van der Waals surface area contributed by atoms with Crippen LogP contribution in [0.3, 0.4) is 0 Å². The highest BCUT2D eigenvalue weighted by atomic mass is 35.5. The van der Waals surface area contributed by atoms with Crippen molar-refractivity contribution in [3.63, 3.8) is 0 Å². The molecule has 0 aromatic rings. The topological polar surface area (TPSA) is 38.7 Å². The van der Waals surface area contributed by atoms with E-state index >= 15 is 0 Å². The van der Waals surface area contributed by atoms with Gasteiger partial charge in [0.1, 0.15) is 0 Å². The van der Waals surface area contributed by atoms with E-state index in [1.165, 1.54) is 11.8 Å². The molecule has 5 heteroatoms. The Morgan fingerprint density at radius 3 is 2.53 bits per heavy atom. The van der Waals surface area contributed by atoms with E-state index in [2.05, 4.69) is 16.9 Å². The van der Waals surface area contributed by atoms with E-state index in [4.69, 9.17) is 11.6 Å². The van der Waals surface area contributed by atoms with Gasteiger partial charge in [-0.2, -0.15) is 0 Å². The molecule has 0 N–H and O–H groups in total. The number of hydrogen-bond donors (Lipinski definition) is 0. The molecule has 0 amide bonds. The second-order valence-corrected chi connectivity index (χ2v) is 6.01. The normalized spacial score (nSPS) is 13.6. The fourth-order valence-electron chi connectivity index (χ4n) is 1.21. The molecule has 0 saturated carbocycles. The third-order valence-electron chi connectivity index (χ3n) is 2.20. The highest BCUT2D eigenvalue weighted by Gasteiger charge is 2.00. The Morgan fingerprint density at radius 1 is 1.32 bits per heavy atom. The summed E-state index contributed by atoms with van der Waals surface area (Å²) in [7, 11) is 0. The van der Waals surface area contributed by atoms with Crippen LogP contribution in [0.5, 0.6) is 0 Å². The molecule has 0 heterocycles. The van der Waals surface area contributed by atoms with Crippen LogP contribution < -0.4 is 0 Å². The molecule has 0 atom stereocenters. The predicted octanol–water partition coefficient (Wildman–Crippen LogP) is 4.88. The summed E-state index contributed by atoms with van der Waals surface area (Å²) in [5.74, 6) is 0.638. The average Bonchev–Trinajstić information content (AvgIpc) is 2.35. The minimum Gasteiger partial charge on any atom is -0.319 e. The zero-order valence-corrected chi connectivity index (χ0v) is 13.6. The van der Waals surface area contributed by atoms with Gasteiger partial charge in [0, 0.05) is 12.0 Å². The molecule has 0 aromatic carbocycles. The largest absolute Gasteiger partial charge is 0.331 e. The molecule has 0 aliphatic heterocycles. The average molecular weight is 304 g/mol. The van der Waals surface area contributed by atoms with Gasteiger partial charge >= 0.3 is 5.97 Å². The van der Waals surface area contributed by atoms with Crippen molar-refractivity contribution in [2.75, 3.05) is 5.75 Å². The zero-order valence-electron chi connectivity index (χ0n) is 12.0. The van der Waals surface area contributed by atoms with Gasteiger partial charge < -0.3 is 4.84 Å². The number of allylic oxidation sites excluding steroid dienone is 4. The van der Waals surface area contributed by atoms with Crippen molar-refractivity contribution < 1.29 is 9.63 Å². The van der Waals surface area contributed by atoms with Crippen molar-refractivity contribution in [3.05, 3.63) is 22.1 Å². The van der Waals surface area contributed by atoms with Gasteiger partial charge in [-0.3, -0.25) is 0 Å². The van der Waals surface area contributed by atoms with E-state index in [-0.39, 0.29) is 5.97 Å². The number of thioether (sulfide) groups is 1. The first-order valence-corrected chi connectivity index (χ1v) is 7.68. The molecule has 0 fully saturated rings. The lowest BCUT2D eigenvalue weighted by molar-refractivity contribution is -0.140. The van der Waals surface area contributed by atoms with Crippen LogP contribution in [0.25, 0.3) is 0 Å². The maximum Gasteiger partial charge on any atom is 0.331 e. The number of hydrogen-bond acceptors (Lipinski definition) is 4. The van der Waals surface area contributed by atoms with E-state index in [1.807, 2.05) is 26.0 Å². The molecule has 108 valence electrons. The number of oxime groups is 1. The van der Waals surface area contributed by atoms with Crippen molar-refractivity contribution >= 4 is 35.0 Å². The molecule has 0 rings (SSSR count). The molecule has 0 spiro atoms. The number of rotatable bonds is 8. The molecule has 0 radical (unpaired) electrons. The molecular weight excluding hydrogens is 282 g/mol. The lowest BCUT2D eigenvalue weighted by atomic mass is 10.2. The fraction of sp³-hybridized carbons (Fsp3) is 0.571. The van der Waals surface area contributed by atoms with E-state index in [1.54, 1.807) is 11.8 Å². The van der Waals surface area contributed by atoms with Crippen molar-refractivity contribution in [2.24, 2.45) is 5.16 Å². The predicted molar refractivity (Wildman–Crippen MR) is 84.6 cm³/mol. The Balaban J connectivity index is 3.95. The monoisotopic (exact) mass is 303 g/mol. The van der Waals surface area contributed by atoms with Crippen LogP contribution >= 0.6 is 23.4 Å². The summed E-state index contributed by atoms with van der Waals surface area (Å²) < 4.78 is 0. The molecule has 0 unspecified atom stereocenters. The second-order valence-electron chi connectivity index (χ2n) is 4.08. The van der Waals surface area contributed by atoms with Gasteiger partial charge in [-0.25, -0.2) is 4.79 Å². The van der Waals surface area contributed by atoms with Crippen molar-refractivity contribution in [1.29, 1.82) is 0 Å². The van der Waals surface area contributed by atoms with Gasteiger partial charge in [0.15, 0.2) is 0 Å². The summed E-state index contributed by atoms with van der Waals surface area (Å²) in [6.45, 7) is 7.28. The summed E-state index contributed by atoms with van der Waals surface area (Å²) >= 11 is 7.54. The Hall–Kier alpha value is -0.740. The van der Waals surface area contributed by atoms with Crippen molar-refractivity contribution in [1.82, 2.24) is 0 Å². The second kappa shape index (κ2) is 11.1. The van der Waals surface area contributed by atoms with E-state index in [0.29, 0.717) is 0 Å². The van der Waals surface area contributed by atoms with Gasteiger partial charge in [0.2, 0.25) is 0 Å². The summed E-state index contributed by atoms with van der Waals surface area (Å²) in [6.07, 6.45) is 6.58. The van der Waals surface area contributed by atoms with E-state index in [0.717, 1.165) is 35.8 Å². The summed E-state index contributed by atoms with van der Waals surface area (Å²) in [4.78, 5) is 16.5. The maximum atomic E-state index is 10.7. The molecular formula is C14H22ClNO2S. The number of carbonyl (C=O) groups excluding carboxylic acids is 1. The van der Waals surface area contributed by atoms with E-state index < -0.39 is 0 Å². The third kappa shape index (κ3) is 12.1. The first-order chi connectivity index (χ1) is 8.95. The molecule has 0 saturated heterocycles. The van der Waals surface area contributed by atoms with Crippen molar-refractivity contribution in [2.45, 2.75) is 47.0 Å². The Labute approximate surface area is 125 Å². The van der Waals surface area contributed by atoms with Crippen LogP contribution in [0.2, 0.25) is 0 Å². The van der Waals surface area contributed by atoms with Crippen LogP contribution in [0.1, 0.15) is 47.0 Å². The first kappa shape index (κ1) is 18.3. The summed E-state index contributed by atoms with van der Waals surface area (Å²) in [5.41, 5.74) is 0.925. The smallest absolute Gasteiger partial charge is 0.319 e. The Morgan fingerprint density at radius 2 is 2.00 bits per heavy atom. The minimum atomic E-state index is -0.373. The molecule has 19 heavy (non-hydrogen) atoms. The van der Waals surface area contributed by atoms with Gasteiger partial charge in [0.25, 0.3) is 0 Å². The summed E-state index contributed by atoms with van der Waals surface area (Å²) in [5, 5.41) is 4.61. The maximum absolute atomic E-state index is 10.7. The quantitative estimate of drug-likeness (QED) is 0.211. The van der Waals surface area contributed by atoms with Gasteiger partial charge in [-0.05, 0) is 49.8 Å². The minimum absolute atomic E-state index is 0.373. The van der Waals surface area contributed by atoms with Crippen LogP contribution in [-0.4, -0.2) is 17.4 Å². The SMILES string of the molecule is CCC(CCCSC(C)=CC=C(C)Cl)=NOC(C)=O. The van der Waals surface area contributed by atoms with Crippen LogP contribution in [0.4, 0.5) is 0 Å². The molecule has 0 bridgehead atoms. The molecule has 0 aliphatic rings. The zero-order chi connectivity index (χ0) is 14.7. The molecule has 3 nitrogen and oxygen atoms in total. The van der Waals surface area contributed by atoms with Crippen molar-refractivity contribution in [3.8, 4) is 0 Å². The number of carbonyl (C=O) groups is 1. The third-order valence-corrected chi connectivity index (χ3v) is 3.41. The lowest BCUT2D eigenvalue weighted by Crippen LogP contribution is -2.01. The standard InChI is InChI=1S/C14H22ClNO2S/c1-5-14(16-18-13(4)17)7-6-10-19-12(3)9-8-11(2)15/h8-9H,5-7,10H2,1-4H3. The molecule has 0 aliphatic carbocycles. The first-order valence-electron chi connectivity index (χ1n) is 6.32. The number of nitrogens with zero attached hydrogens (tertiary/aromatic N) is 1. The van der Waals surface area contributed by atoms with Gasteiger partial charge in [-0.1, -0.05) is 29.8 Å². The van der Waals surface area contributed by atoms with E-state index in [9.17, 15) is 4.79 Å². The summed E-state index contributed by atoms with van der Waals surface area (Å²) in [6, 6.07) is 0. The Bertz CT molecular complexity index is 372.